The minimum Gasteiger partial charge on any atom is -0.870 e. The zero-order valence-electron chi connectivity index (χ0n) is 25.3. The van der Waals surface area contributed by atoms with Crippen LogP contribution in [-0.4, -0.2) is 93.3 Å². The molecule has 258 valence electrons. The van der Waals surface area contributed by atoms with Crippen molar-refractivity contribution in [2.24, 2.45) is 0 Å². The van der Waals surface area contributed by atoms with Gasteiger partial charge in [0, 0.05) is 35.2 Å². The molecule has 22 heteroatoms. The van der Waals surface area contributed by atoms with E-state index in [1.807, 2.05) is 0 Å². The Bertz CT molecular complexity index is 1640. The van der Waals surface area contributed by atoms with Crippen LogP contribution >= 0.6 is 69.6 Å². The molecule has 2 fully saturated rings. The SMILES string of the molecule is CC1CCN(c2c(Cl)cc(Cl)cc2Cl)S(=O)(=O)N1CC(=O)O.COC(=O)CN1C(C)CCN(c2c(Cl)cc(Cl)cc2Cl)S1(=O)=O.[Li+].[OH-]. The summed E-state index contributed by atoms with van der Waals surface area (Å²) in [6, 6.07) is 4.84. The Balaban J connectivity index is 0.000000451. The van der Waals surface area contributed by atoms with E-state index in [0.717, 1.165) is 17.2 Å². The third-order valence-corrected chi connectivity index (χ3v) is 12.5. The standard InChI is InChI=1S/C13H15Cl3N2O4S.C12H13Cl3N2O4S.Li.H2O/c1-8-3-4-17(13-10(15)5-9(14)6-11(13)16)23(20,21)18(8)7-12(19)22-2;1-7-2-3-16(22(20,21)17(7)6-11(18)19)12-9(14)4-8(13)5-10(12)15;;/h5-6,8H,3-4,7H2,1-2H3;4-5,7H,2-3,6H2,1H3,(H,18,19);;1H2/q;;+1;/p-1. The van der Waals surface area contributed by atoms with Crippen molar-refractivity contribution in [2.75, 3.05) is 41.9 Å². The summed E-state index contributed by atoms with van der Waals surface area (Å²) in [7, 11) is -6.82. The maximum Gasteiger partial charge on any atom is 1.00 e. The van der Waals surface area contributed by atoms with Gasteiger partial charge in [0.1, 0.15) is 13.1 Å². The van der Waals surface area contributed by atoms with Gasteiger partial charge in [0.15, 0.2) is 0 Å². The predicted molar refractivity (Wildman–Crippen MR) is 179 cm³/mol. The van der Waals surface area contributed by atoms with E-state index in [0.29, 0.717) is 17.9 Å². The number of carbonyl (C=O) groups excluding carboxylic acids is 1. The van der Waals surface area contributed by atoms with Crippen LogP contribution < -0.4 is 27.5 Å². The molecule has 2 aliphatic rings. The van der Waals surface area contributed by atoms with Gasteiger partial charge in [-0.15, -0.1) is 0 Å². The number of esters is 1. The van der Waals surface area contributed by atoms with Crippen molar-refractivity contribution in [2.45, 2.75) is 38.8 Å². The molecule has 0 radical (unpaired) electrons. The molecule has 2 atom stereocenters. The second-order valence-electron chi connectivity index (χ2n) is 9.93. The van der Waals surface area contributed by atoms with Crippen molar-refractivity contribution in [3.05, 3.63) is 54.4 Å². The maximum atomic E-state index is 12.9. The number of aliphatic carboxylic acids is 1. The molecule has 0 aliphatic carbocycles. The summed E-state index contributed by atoms with van der Waals surface area (Å²) >= 11 is 36.1. The molecule has 2 unspecified atom stereocenters. The maximum absolute atomic E-state index is 12.9. The second kappa shape index (κ2) is 17.8. The van der Waals surface area contributed by atoms with E-state index in [2.05, 4.69) is 4.74 Å². The van der Waals surface area contributed by atoms with Crippen molar-refractivity contribution >= 4 is 113 Å². The largest absolute Gasteiger partial charge is 1.00 e. The molecular formula is C25H29Cl6LiN4O9S2. The van der Waals surface area contributed by atoms with Crippen LogP contribution in [0.25, 0.3) is 0 Å². The van der Waals surface area contributed by atoms with E-state index in [4.69, 9.17) is 74.7 Å². The van der Waals surface area contributed by atoms with Crippen LogP contribution in [0.3, 0.4) is 0 Å². The number of halogens is 6. The van der Waals surface area contributed by atoms with Crippen LogP contribution in [-0.2, 0) is 34.7 Å². The molecule has 4 rings (SSSR count). The first-order valence-corrected chi connectivity index (χ1v) is 18.1. The normalized spacial score (nSPS) is 20.6. The number of ether oxygens (including phenoxy) is 1. The van der Waals surface area contributed by atoms with Gasteiger partial charge >= 0.3 is 51.2 Å². The zero-order valence-corrected chi connectivity index (χ0v) is 31.5. The molecule has 0 spiro atoms. The van der Waals surface area contributed by atoms with Gasteiger partial charge in [-0.3, -0.25) is 18.2 Å². The van der Waals surface area contributed by atoms with Crippen LogP contribution in [0.2, 0.25) is 30.1 Å². The van der Waals surface area contributed by atoms with E-state index in [9.17, 15) is 26.4 Å². The van der Waals surface area contributed by atoms with Gasteiger partial charge in [-0.25, -0.2) is 0 Å². The molecular weight excluding hydrogens is 784 g/mol. The minimum absolute atomic E-state index is 0. The molecule has 2 saturated heterocycles. The van der Waals surface area contributed by atoms with Gasteiger partial charge in [-0.2, -0.15) is 25.4 Å². The quantitative estimate of drug-likeness (QED) is 0.340. The fourth-order valence-corrected chi connectivity index (χ4v) is 10.6. The molecule has 0 saturated carbocycles. The number of hydrogen-bond acceptors (Lipinski definition) is 8. The van der Waals surface area contributed by atoms with Crippen molar-refractivity contribution in [3.8, 4) is 0 Å². The van der Waals surface area contributed by atoms with Gasteiger partial charge in [0.05, 0.1) is 38.6 Å². The summed E-state index contributed by atoms with van der Waals surface area (Å²) in [4.78, 5) is 22.4. The zero-order chi connectivity index (χ0) is 34.0. The Morgan fingerprint density at radius 2 is 1.06 bits per heavy atom. The summed E-state index contributed by atoms with van der Waals surface area (Å²) < 4.78 is 59.8. The topological polar surface area (TPSA) is 175 Å². The third kappa shape index (κ3) is 10.1. The first-order valence-electron chi connectivity index (χ1n) is 13.0. The minimum atomic E-state index is -4.05. The number of hydrogen-bond donors (Lipinski definition) is 1. The van der Waals surface area contributed by atoms with Crippen molar-refractivity contribution in [3.63, 3.8) is 0 Å². The Morgan fingerprint density at radius 3 is 1.36 bits per heavy atom. The Morgan fingerprint density at radius 1 is 0.745 bits per heavy atom. The van der Waals surface area contributed by atoms with Crippen LogP contribution in [0.15, 0.2) is 24.3 Å². The smallest absolute Gasteiger partial charge is 0.870 e. The van der Waals surface area contributed by atoms with Gasteiger partial charge in [-0.1, -0.05) is 69.6 Å². The van der Waals surface area contributed by atoms with Crippen LogP contribution in [0.1, 0.15) is 26.7 Å². The summed E-state index contributed by atoms with van der Waals surface area (Å²) in [5.74, 6) is -1.87. The molecule has 2 aliphatic heterocycles. The van der Waals surface area contributed by atoms with Crippen LogP contribution in [0.4, 0.5) is 11.4 Å². The first kappa shape index (κ1) is 44.1. The van der Waals surface area contributed by atoms with Gasteiger partial charge in [-0.05, 0) is 51.0 Å². The Kier molecular flexibility index (Phi) is 16.8. The van der Waals surface area contributed by atoms with E-state index in [1.54, 1.807) is 13.8 Å². The first-order chi connectivity index (χ1) is 20.8. The number of rotatable bonds is 6. The number of benzene rings is 2. The molecule has 0 bridgehead atoms. The Hall–Kier alpha value is -0.903. The fraction of sp³-hybridized carbons (Fsp3) is 0.440. The Labute approximate surface area is 315 Å². The third-order valence-electron chi connectivity index (χ3n) is 6.90. The monoisotopic (exact) mass is 810 g/mol. The van der Waals surface area contributed by atoms with Gasteiger partial charge in [0.25, 0.3) is 0 Å². The van der Waals surface area contributed by atoms with Crippen molar-refractivity contribution < 1.29 is 60.6 Å². The molecule has 2 heterocycles. The van der Waals surface area contributed by atoms with Crippen molar-refractivity contribution in [1.29, 1.82) is 0 Å². The summed E-state index contributed by atoms with van der Waals surface area (Å²) in [6.07, 6.45) is 0.952. The summed E-state index contributed by atoms with van der Waals surface area (Å²) in [5.41, 5.74) is 0.259. The number of anilines is 2. The molecule has 13 nitrogen and oxygen atoms in total. The van der Waals surface area contributed by atoms with Crippen molar-refractivity contribution in [1.82, 2.24) is 8.61 Å². The van der Waals surface area contributed by atoms with Crippen LogP contribution in [0, 0.1) is 0 Å². The fourth-order valence-electron chi connectivity index (χ4n) is 4.63. The number of carbonyl (C=O) groups is 2. The average molecular weight is 813 g/mol. The number of carboxylic acids is 1. The predicted octanol–water partition coefficient (Wildman–Crippen LogP) is 2.67. The summed E-state index contributed by atoms with van der Waals surface area (Å²) in [5, 5.41) is 9.93. The molecule has 2 N–H and O–H groups in total. The number of nitrogens with zero attached hydrogens (tertiary/aromatic N) is 4. The molecule has 47 heavy (non-hydrogen) atoms. The summed E-state index contributed by atoms with van der Waals surface area (Å²) in [6.45, 7) is 2.73. The molecule has 2 aromatic rings. The van der Waals surface area contributed by atoms with Crippen LogP contribution in [0.5, 0.6) is 0 Å². The molecule has 0 aromatic heterocycles. The van der Waals surface area contributed by atoms with E-state index in [1.165, 1.54) is 31.4 Å². The second-order valence-corrected chi connectivity index (χ2v) is 16.0. The number of carboxylic acid groups (broad SMARTS) is 1. The van der Waals surface area contributed by atoms with E-state index < -0.39 is 44.9 Å². The van der Waals surface area contributed by atoms with Gasteiger partial charge in [0.2, 0.25) is 0 Å². The average Bonchev–Trinajstić information content (AvgIpc) is 2.90. The molecule has 2 aromatic carbocycles. The van der Waals surface area contributed by atoms with E-state index in [-0.39, 0.29) is 86.5 Å². The number of methoxy groups -OCH3 is 1. The van der Waals surface area contributed by atoms with Gasteiger partial charge < -0.3 is 15.3 Å². The van der Waals surface area contributed by atoms with E-state index >= 15 is 0 Å². The molecule has 0 amide bonds.